The first-order chi connectivity index (χ1) is 7.27. The Kier molecular flexibility index (Phi) is 6.31. The summed E-state index contributed by atoms with van der Waals surface area (Å²) in [4.78, 5) is 0. The third-order valence-corrected chi connectivity index (χ3v) is 4.23. The Morgan fingerprint density at radius 3 is 2.00 bits per heavy atom. The molecule has 0 heterocycles. The maximum absolute atomic E-state index is 6.32. The molecule has 1 saturated carbocycles. The second-order valence-electron chi connectivity index (χ2n) is 5.33. The van der Waals surface area contributed by atoms with Crippen molar-refractivity contribution < 1.29 is 0 Å². The Balaban J connectivity index is 2.31. The van der Waals surface area contributed by atoms with Crippen molar-refractivity contribution in [1.29, 1.82) is 0 Å². The van der Waals surface area contributed by atoms with Gasteiger partial charge < -0.3 is 5.73 Å². The van der Waals surface area contributed by atoms with E-state index in [-0.39, 0.29) is 0 Å². The first kappa shape index (κ1) is 13.0. The maximum atomic E-state index is 6.32. The van der Waals surface area contributed by atoms with Crippen LogP contribution in [-0.2, 0) is 0 Å². The van der Waals surface area contributed by atoms with E-state index in [1.807, 2.05) is 0 Å². The molecule has 1 aliphatic carbocycles. The molecular weight excluding hydrogens is 182 g/mol. The van der Waals surface area contributed by atoms with Crippen LogP contribution in [-0.4, -0.2) is 6.04 Å². The van der Waals surface area contributed by atoms with Crippen LogP contribution in [0.2, 0.25) is 0 Å². The summed E-state index contributed by atoms with van der Waals surface area (Å²) in [5, 5.41) is 0. The minimum atomic E-state index is 0.461. The van der Waals surface area contributed by atoms with Gasteiger partial charge in [-0.1, -0.05) is 65.2 Å². The Bertz CT molecular complexity index is 143. The molecule has 0 amide bonds. The lowest BCUT2D eigenvalue weighted by Crippen LogP contribution is -2.31. The summed E-state index contributed by atoms with van der Waals surface area (Å²) in [7, 11) is 0. The fourth-order valence-electron chi connectivity index (χ4n) is 3.07. The molecule has 1 nitrogen and oxygen atoms in total. The van der Waals surface area contributed by atoms with Crippen molar-refractivity contribution >= 4 is 0 Å². The van der Waals surface area contributed by atoms with Gasteiger partial charge in [-0.3, -0.25) is 0 Å². The van der Waals surface area contributed by atoms with E-state index in [1.165, 1.54) is 57.8 Å². The van der Waals surface area contributed by atoms with Gasteiger partial charge in [-0.05, 0) is 18.3 Å². The van der Waals surface area contributed by atoms with Gasteiger partial charge in [0.25, 0.3) is 0 Å². The van der Waals surface area contributed by atoms with E-state index in [1.54, 1.807) is 0 Å². The number of hydrogen-bond donors (Lipinski definition) is 1. The first-order valence-corrected chi connectivity index (χ1v) is 7.03. The molecule has 0 saturated heterocycles. The molecule has 0 aromatic carbocycles. The van der Waals surface area contributed by atoms with E-state index < -0.39 is 0 Å². The summed E-state index contributed by atoms with van der Waals surface area (Å²) in [5.74, 6) is 1.69. The van der Waals surface area contributed by atoms with E-state index in [2.05, 4.69) is 13.8 Å². The zero-order valence-corrected chi connectivity index (χ0v) is 10.7. The molecule has 0 aromatic rings. The standard InChI is InChI=1S/C14H29N/c1-3-13(4-2)14(15)11-12-9-7-5-6-8-10-12/h12-14H,3-11,15H2,1-2H3. The molecule has 0 bridgehead atoms. The fourth-order valence-corrected chi connectivity index (χ4v) is 3.07. The second kappa shape index (κ2) is 7.27. The Morgan fingerprint density at radius 1 is 1.00 bits per heavy atom. The van der Waals surface area contributed by atoms with Crippen LogP contribution in [0, 0.1) is 11.8 Å². The zero-order valence-electron chi connectivity index (χ0n) is 10.7. The van der Waals surface area contributed by atoms with Crippen LogP contribution >= 0.6 is 0 Å². The number of hydrogen-bond acceptors (Lipinski definition) is 1. The van der Waals surface area contributed by atoms with E-state index >= 15 is 0 Å². The zero-order chi connectivity index (χ0) is 11.1. The molecule has 1 heteroatoms. The van der Waals surface area contributed by atoms with Gasteiger partial charge in [0, 0.05) is 6.04 Å². The highest BCUT2D eigenvalue weighted by atomic mass is 14.6. The molecule has 1 atom stereocenters. The van der Waals surface area contributed by atoms with Crippen molar-refractivity contribution in [2.45, 2.75) is 77.7 Å². The molecule has 15 heavy (non-hydrogen) atoms. The van der Waals surface area contributed by atoms with Gasteiger partial charge in [0.1, 0.15) is 0 Å². The molecule has 90 valence electrons. The van der Waals surface area contributed by atoms with Crippen molar-refractivity contribution in [3.63, 3.8) is 0 Å². The third kappa shape index (κ3) is 4.55. The van der Waals surface area contributed by atoms with E-state index in [0.717, 1.165) is 11.8 Å². The van der Waals surface area contributed by atoms with Gasteiger partial charge in [-0.25, -0.2) is 0 Å². The van der Waals surface area contributed by atoms with Gasteiger partial charge in [-0.2, -0.15) is 0 Å². The Hall–Kier alpha value is -0.0400. The fraction of sp³-hybridized carbons (Fsp3) is 1.00. The average molecular weight is 211 g/mol. The van der Waals surface area contributed by atoms with Gasteiger partial charge >= 0.3 is 0 Å². The van der Waals surface area contributed by atoms with Crippen molar-refractivity contribution in [3.05, 3.63) is 0 Å². The SMILES string of the molecule is CCC(CC)C(N)CC1CCCCCC1. The summed E-state index contributed by atoms with van der Waals surface area (Å²) in [5.41, 5.74) is 6.32. The molecular formula is C14H29N. The van der Waals surface area contributed by atoms with Gasteiger partial charge in [0.2, 0.25) is 0 Å². The smallest absolute Gasteiger partial charge is 0.00695 e. The summed E-state index contributed by atoms with van der Waals surface area (Å²) >= 11 is 0. The molecule has 0 aromatic heterocycles. The second-order valence-corrected chi connectivity index (χ2v) is 5.33. The minimum Gasteiger partial charge on any atom is -0.327 e. The Labute approximate surface area is 95.8 Å². The Morgan fingerprint density at radius 2 is 1.53 bits per heavy atom. The third-order valence-electron chi connectivity index (χ3n) is 4.23. The van der Waals surface area contributed by atoms with E-state index in [4.69, 9.17) is 5.73 Å². The van der Waals surface area contributed by atoms with Crippen molar-refractivity contribution in [2.24, 2.45) is 17.6 Å². The maximum Gasteiger partial charge on any atom is 0.00695 e. The molecule has 1 fully saturated rings. The van der Waals surface area contributed by atoms with E-state index in [0.29, 0.717) is 6.04 Å². The normalized spacial score (nSPS) is 21.6. The van der Waals surface area contributed by atoms with Crippen LogP contribution in [0.3, 0.4) is 0 Å². The van der Waals surface area contributed by atoms with Crippen LogP contribution < -0.4 is 5.73 Å². The van der Waals surface area contributed by atoms with E-state index in [9.17, 15) is 0 Å². The van der Waals surface area contributed by atoms with Crippen molar-refractivity contribution in [3.8, 4) is 0 Å². The molecule has 1 aliphatic rings. The first-order valence-electron chi connectivity index (χ1n) is 7.03. The molecule has 2 N–H and O–H groups in total. The molecule has 0 radical (unpaired) electrons. The molecule has 1 unspecified atom stereocenters. The van der Waals surface area contributed by atoms with Crippen LogP contribution in [0.5, 0.6) is 0 Å². The quantitative estimate of drug-likeness (QED) is 0.680. The van der Waals surface area contributed by atoms with Crippen molar-refractivity contribution in [2.75, 3.05) is 0 Å². The predicted molar refractivity (Wildman–Crippen MR) is 67.9 cm³/mol. The van der Waals surface area contributed by atoms with Gasteiger partial charge in [0.15, 0.2) is 0 Å². The van der Waals surface area contributed by atoms with Gasteiger partial charge in [0.05, 0.1) is 0 Å². The topological polar surface area (TPSA) is 26.0 Å². The number of rotatable bonds is 5. The molecule has 0 aliphatic heterocycles. The van der Waals surface area contributed by atoms with Crippen LogP contribution in [0.4, 0.5) is 0 Å². The van der Waals surface area contributed by atoms with Crippen LogP contribution in [0.15, 0.2) is 0 Å². The molecule has 0 spiro atoms. The highest BCUT2D eigenvalue weighted by Gasteiger charge is 2.20. The molecule has 1 rings (SSSR count). The summed E-state index contributed by atoms with van der Waals surface area (Å²) in [6.45, 7) is 4.56. The minimum absolute atomic E-state index is 0.461. The summed E-state index contributed by atoms with van der Waals surface area (Å²) < 4.78 is 0. The largest absolute Gasteiger partial charge is 0.327 e. The predicted octanol–water partition coefficient (Wildman–Crippen LogP) is 4.11. The highest BCUT2D eigenvalue weighted by Crippen LogP contribution is 2.28. The monoisotopic (exact) mass is 211 g/mol. The average Bonchev–Trinajstić information content (AvgIpc) is 2.48. The van der Waals surface area contributed by atoms with Crippen LogP contribution in [0.25, 0.3) is 0 Å². The summed E-state index contributed by atoms with van der Waals surface area (Å²) in [6, 6.07) is 0.461. The van der Waals surface area contributed by atoms with Crippen LogP contribution in [0.1, 0.15) is 71.6 Å². The van der Waals surface area contributed by atoms with Crippen molar-refractivity contribution in [1.82, 2.24) is 0 Å². The lowest BCUT2D eigenvalue weighted by molar-refractivity contribution is 0.307. The summed E-state index contributed by atoms with van der Waals surface area (Å²) in [6.07, 6.45) is 12.5. The van der Waals surface area contributed by atoms with Gasteiger partial charge in [-0.15, -0.1) is 0 Å². The number of nitrogens with two attached hydrogens (primary N) is 1. The highest BCUT2D eigenvalue weighted by molar-refractivity contribution is 4.76. The lowest BCUT2D eigenvalue weighted by atomic mass is 9.85. The lowest BCUT2D eigenvalue weighted by Gasteiger charge is -2.25.